The number of hydrogen-bond acceptors (Lipinski definition) is 2. The van der Waals surface area contributed by atoms with Gasteiger partial charge < -0.3 is 10.2 Å². The lowest BCUT2D eigenvalue weighted by Gasteiger charge is -2.30. The molecule has 3 rings (SSSR count). The maximum absolute atomic E-state index is 12.6. The van der Waals surface area contributed by atoms with Crippen molar-refractivity contribution in [1.29, 1.82) is 0 Å². The van der Waals surface area contributed by atoms with E-state index in [1.54, 1.807) is 0 Å². The monoisotopic (exact) mass is 322 g/mol. The van der Waals surface area contributed by atoms with E-state index in [1.807, 2.05) is 0 Å². The molecule has 122 valence electrons. The molecule has 0 radical (unpaired) electrons. The Morgan fingerprint density at radius 3 is 2.77 bits per heavy atom. The van der Waals surface area contributed by atoms with E-state index in [9.17, 15) is 4.79 Å². The Hall–Kier alpha value is -1.06. The van der Waals surface area contributed by atoms with E-state index in [0.29, 0.717) is 17.9 Å². The third-order valence-electron chi connectivity index (χ3n) is 4.94. The summed E-state index contributed by atoms with van der Waals surface area (Å²) in [6.45, 7) is 5.07. The molecular weight excluding hydrogens is 296 g/mol. The Bertz CT molecular complexity index is 479. The molecule has 2 saturated heterocycles. The number of carbonyl (C=O) groups is 1. The van der Waals surface area contributed by atoms with Crippen molar-refractivity contribution in [3.05, 3.63) is 35.9 Å². The number of amides is 1. The molecule has 4 heteroatoms. The maximum Gasteiger partial charge on any atom is 0.225 e. The highest BCUT2D eigenvalue weighted by atomic mass is 35.5. The van der Waals surface area contributed by atoms with Crippen LogP contribution in [0, 0.1) is 11.8 Å². The summed E-state index contributed by atoms with van der Waals surface area (Å²) in [7, 11) is 0. The largest absolute Gasteiger partial charge is 0.342 e. The lowest BCUT2D eigenvalue weighted by atomic mass is 9.92. The first-order valence-electron chi connectivity index (χ1n) is 8.28. The minimum atomic E-state index is 0. The summed E-state index contributed by atoms with van der Waals surface area (Å²) in [5, 5.41) is 3.43. The van der Waals surface area contributed by atoms with E-state index in [-0.39, 0.29) is 18.3 Å². The summed E-state index contributed by atoms with van der Waals surface area (Å²) in [5.74, 6) is 1.28. The Labute approximate surface area is 139 Å². The molecule has 0 spiro atoms. The summed E-state index contributed by atoms with van der Waals surface area (Å²) < 4.78 is 0. The number of hydrogen-bond donors (Lipinski definition) is 1. The molecule has 0 bridgehead atoms. The molecule has 1 aromatic carbocycles. The first kappa shape index (κ1) is 17.3. The number of nitrogens with zero attached hydrogens (tertiary/aromatic N) is 1. The lowest BCUT2D eigenvalue weighted by Crippen LogP contribution is -2.43. The third kappa shape index (κ3) is 4.23. The highest BCUT2D eigenvalue weighted by Gasteiger charge is 2.32. The molecule has 2 heterocycles. The smallest absolute Gasteiger partial charge is 0.225 e. The summed E-state index contributed by atoms with van der Waals surface area (Å²) in [5.41, 5.74) is 1.40. The SMILES string of the molecule is C[C@H]1C[C@@H](C(=O)N2CCC(Cc3ccccc3)C2)CCN1.Cl. The first-order valence-corrected chi connectivity index (χ1v) is 8.28. The second kappa shape index (κ2) is 7.98. The molecule has 0 aromatic heterocycles. The Morgan fingerprint density at radius 1 is 1.27 bits per heavy atom. The molecule has 1 amide bonds. The van der Waals surface area contributed by atoms with Gasteiger partial charge in [-0.2, -0.15) is 0 Å². The lowest BCUT2D eigenvalue weighted by molar-refractivity contribution is -0.135. The normalized spacial score (nSPS) is 28.2. The number of benzene rings is 1. The average molecular weight is 323 g/mol. The van der Waals surface area contributed by atoms with Crippen LogP contribution < -0.4 is 5.32 Å². The van der Waals surface area contributed by atoms with Crippen molar-refractivity contribution < 1.29 is 4.79 Å². The van der Waals surface area contributed by atoms with E-state index >= 15 is 0 Å². The zero-order valence-corrected chi connectivity index (χ0v) is 14.1. The average Bonchev–Trinajstić information content (AvgIpc) is 2.96. The van der Waals surface area contributed by atoms with Crippen LogP contribution in [-0.2, 0) is 11.2 Å². The molecule has 22 heavy (non-hydrogen) atoms. The Balaban J connectivity index is 0.00000176. The molecule has 1 aromatic rings. The van der Waals surface area contributed by atoms with Crippen molar-refractivity contribution >= 4 is 18.3 Å². The molecule has 3 atom stereocenters. The van der Waals surface area contributed by atoms with Crippen molar-refractivity contribution in [3.63, 3.8) is 0 Å². The first-order chi connectivity index (χ1) is 10.2. The van der Waals surface area contributed by atoms with Gasteiger partial charge in [0.15, 0.2) is 0 Å². The summed E-state index contributed by atoms with van der Waals surface area (Å²) >= 11 is 0. The fourth-order valence-electron chi connectivity index (χ4n) is 3.76. The topological polar surface area (TPSA) is 32.3 Å². The van der Waals surface area contributed by atoms with Gasteiger partial charge in [0.1, 0.15) is 0 Å². The second-order valence-electron chi connectivity index (χ2n) is 6.71. The summed E-state index contributed by atoms with van der Waals surface area (Å²) in [6.07, 6.45) is 4.26. The quantitative estimate of drug-likeness (QED) is 0.928. The van der Waals surface area contributed by atoms with Crippen LogP contribution in [0.4, 0.5) is 0 Å². The van der Waals surface area contributed by atoms with Gasteiger partial charge in [0.25, 0.3) is 0 Å². The minimum absolute atomic E-state index is 0. The fraction of sp³-hybridized carbons (Fsp3) is 0.611. The van der Waals surface area contributed by atoms with Crippen molar-refractivity contribution in [2.75, 3.05) is 19.6 Å². The van der Waals surface area contributed by atoms with Crippen molar-refractivity contribution in [1.82, 2.24) is 10.2 Å². The van der Waals surface area contributed by atoms with Gasteiger partial charge >= 0.3 is 0 Å². The predicted octanol–water partition coefficient (Wildman–Crippen LogP) is 2.89. The van der Waals surface area contributed by atoms with Crippen molar-refractivity contribution in [2.24, 2.45) is 11.8 Å². The number of likely N-dealkylation sites (tertiary alicyclic amines) is 1. The van der Waals surface area contributed by atoms with Crippen LogP contribution in [0.15, 0.2) is 30.3 Å². The zero-order valence-electron chi connectivity index (χ0n) is 13.3. The summed E-state index contributed by atoms with van der Waals surface area (Å²) in [6, 6.07) is 11.1. The Morgan fingerprint density at radius 2 is 2.05 bits per heavy atom. The molecule has 1 unspecified atom stereocenters. The van der Waals surface area contributed by atoms with Crippen LogP contribution in [0.5, 0.6) is 0 Å². The van der Waals surface area contributed by atoms with Gasteiger partial charge in [-0.05, 0) is 50.6 Å². The number of halogens is 1. The van der Waals surface area contributed by atoms with Crippen LogP contribution in [-0.4, -0.2) is 36.5 Å². The fourth-order valence-corrected chi connectivity index (χ4v) is 3.76. The summed E-state index contributed by atoms with van der Waals surface area (Å²) in [4.78, 5) is 14.8. The van der Waals surface area contributed by atoms with Gasteiger partial charge in [0.2, 0.25) is 5.91 Å². The van der Waals surface area contributed by atoms with E-state index in [1.165, 1.54) is 5.56 Å². The van der Waals surface area contributed by atoms with Crippen molar-refractivity contribution in [3.8, 4) is 0 Å². The van der Waals surface area contributed by atoms with E-state index in [4.69, 9.17) is 0 Å². The van der Waals surface area contributed by atoms with Crippen molar-refractivity contribution in [2.45, 2.75) is 38.6 Å². The van der Waals surface area contributed by atoms with Gasteiger partial charge in [-0.1, -0.05) is 30.3 Å². The van der Waals surface area contributed by atoms with E-state index < -0.39 is 0 Å². The van der Waals surface area contributed by atoms with Gasteiger partial charge in [-0.15, -0.1) is 12.4 Å². The third-order valence-corrected chi connectivity index (χ3v) is 4.94. The molecule has 3 nitrogen and oxygen atoms in total. The van der Waals surface area contributed by atoms with Gasteiger partial charge in [0.05, 0.1) is 0 Å². The van der Waals surface area contributed by atoms with E-state index in [0.717, 1.165) is 45.3 Å². The molecule has 0 saturated carbocycles. The molecular formula is C18H27ClN2O. The Kier molecular flexibility index (Phi) is 6.27. The van der Waals surface area contributed by atoms with Crippen LogP contribution >= 0.6 is 12.4 Å². The van der Waals surface area contributed by atoms with Crippen LogP contribution in [0.3, 0.4) is 0 Å². The standard InChI is InChI=1S/C18H26N2O.ClH/c1-14-11-17(7-9-19-14)18(21)20-10-8-16(13-20)12-15-5-3-2-4-6-15;/h2-6,14,16-17,19H,7-13H2,1H3;1H/t14-,16?,17-;/m0./s1. The van der Waals surface area contributed by atoms with Gasteiger partial charge in [-0.3, -0.25) is 4.79 Å². The molecule has 2 aliphatic heterocycles. The highest BCUT2D eigenvalue weighted by molar-refractivity contribution is 5.85. The molecule has 2 fully saturated rings. The number of rotatable bonds is 3. The van der Waals surface area contributed by atoms with Gasteiger partial charge in [0, 0.05) is 25.0 Å². The highest BCUT2D eigenvalue weighted by Crippen LogP contribution is 2.25. The van der Waals surface area contributed by atoms with Crippen LogP contribution in [0.2, 0.25) is 0 Å². The maximum atomic E-state index is 12.6. The van der Waals surface area contributed by atoms with Crippen LogP contribution in [0.25, 0.3) is 0 Å². The minimum Gasteiger partial charge on any atom is -0.342 e. The predicted molar refractivity (Wildman–Crippen MR) is 92.3 cm³/mol. The number of carbonyl (C=O) groups excluding carboxylic acids is 1. The molecule has 2 aliphatic rings. The van der Waals surface area contributed by atoms with E-state index in [2.05, 4.69) is 47.5 Å². The van der Waals surface area contributed by atoms with Crippen LogP contribution in [0.1, 0.15) is 31.7 Å². The number of piperidine rings is 1. The molecule has 0 aliphatic carbocycles. The zero-order chi connectivity index (χ0) is 14.7. The molecule has 1 N–H and O–H groups in total. The number of nitrogens with one attached hydrogen (secondary N) is 1. The van der Waals surface area contributed by atoms with Gasteiger partial charge in [-0.25, -0.2) is 0 Å². The second-order valence-corrected chi connectivity index (χ2v) is 6.71.